The second kappa shape index (κ2) is 9.07. The first-order chi connectivity index (χ1) is 14.3. The van der Waals surface area contributed by atoms with Crippen LogP contribution in [0.1, 0.15) is 43.0 Å². The van der Waals surface area contributed by atoms with Crippen LogP contribution in [0.4, 0.5) is 5.69 Å². The summed E-state index contributed by atoms with van der Waals surface area (Å²) in [5.74, 6) is 2.54. The van der Waals surface area contributed by atoms with Gasteiger partial charge in [0, 0.05) is 51.3 Å². The number of nitrogens with zero attached hydrogens (tertiary/aromatic N) is 5. The van der Waals surface area contributed by atoms with Gasteiger partial charge in [-0.3, -0.25) is 14.9 Å². The Hall–Kier alpha value is -2.90. The van der Waals surface area contributed by atoms with E-state index >= 15 is 0 Å². The molecule has 1 aromatic heterocycles. The highest BCUT2D eigenvalue weighted by atomic mass is 16.2. The molecule has 2 aromatic rings. The number of aliphatic imine (C=N–C) groups is 1. The van der Waals surface area contributed by atoms with Crippen molar-refractivity contribution >= 4 is 17.6 Å². The lowest BCUT2D eigenvalue weighted by atomic mass is 9.96. The van der Waals surface area contributed by atoms with Crippen LogP contribution in [0.15, 0.2) is 35.6 Å². The summed E-state index contributed by atoms with van der Waals surface area (Å²) in [6.45, 7) is 3.42. The number of fused-ring (bicyclic) bond motifs is 1. The summed E-state index contributed by atoms with van der Waals surface area (Å²) in [5.41, 5.74) is 2.35. The Bertz CT molecular complexity index is 840. The third-order valence-electron chi connectivity index (χ3n) is 5.87. The van der Waals surface area contributed by atoms with Crippen molar-refractivity contribution < 1.29 is 4.79 Å². The molecule has 0 saturated carbocycles. The van der Waals surface area contributed by atoms with Gasteiger partial charge >= 0.3 is 0 Å². The molecule has 0 aliphatic carbocycles. The van der Waals surface area contributed by atoms with Crippen molar-refractivity contribution in [3.8, 4) is 0 Å². The van der Waals surface area contributed by atoms with Crippen LogP contribution < -0.4 is 10.2 Å². The lowest BCUT2D eigenvalue weighted by molar-refractivity contribution is -0.118. The van der Waals surface area contributed by atoms with Crippen molar-refractivity contribution in [2.75, 3.05) is 38.1 Å². The van der Waals surface area contributed by atoms with Crippen molar-refractivity contribution in [1.29, 1.82) is 0 Å². The van der Waals surface area contributed by atoms with E-state index in [1.54, 1.807) is 6.33 Å². The number of carbonyl (C=O) groups is 1. The van der Waals surface area contributed by atoms with Crippen LogP contribution in [0.25, 0.3) is 0 Å². The largest absolute Gasteiger partial charge is 0.356 e. The lowest BCUT2D eigenvalue weighted by Crippen LogP contribution is -2.45. The van der Waals surface area contributed by atoms with Gasteiger partial charge < -0.3 is 15.1 Å². The van der Waals surface area contributed by atoms with Gasteiger partial charge in [0.05, 0.1) is 0 Å². The molecule has 2 aliphatic rings. The summed E-state index contributed by atoms with van der Waals surface area (Å²) in [7, 11) is 1.82. The SMILES string of the molecule is CN=C(NCCCC(=O)N1CCc2ccccc21)N1CCC(c2ncn[nH]2)CC1. The number of piperidine rings is 1. The molecule has 29 heavy (non-hydrogen) atoms. The van der Waals surface area contributed by atoms with E-state index in [2.05, 4.69) is 36.5 Å². The van der Waals surface area contributed by atoms with Gasteiger partial charge in [0.2, 0.25) is 5.91 Å². The molecule has 2 N–H and O–H groups in total. The van der Waals surface area contributed by atoms with Crippen molar-refractivity contribution in [3.63, 3.8) is 0 Å². The zero-order valence-electron chi connectivity index (χ0n) is 17.0. The topological polar surface area (TPSA) is 89.5 Å². The monoisotopic (exact) mass is 395 g/mol. The van der Waals surface area contributed by atoms with E-state index < -0.39 is 0 Å². The number of amides is 1. The fraction of sp³-hybridized carbons (Fsp3) is 0.524. The van der Waals surface area contributed by atoms with Crippen LogP contribution in [0, 0.1) is 0 Å². The minimum atomic E-state index is 0.208. The molecule has 0 atom stereocenters. The Kier molecular flexibility index (Phi) is 6.07. The summed E-state index contributed by atoms with van der Waals surface area (Å²) in [6.07, 6.45) is 5.93. The fourth-order valence-corrected chi connectivity index (χ4v) is 4.28. The third kappa shape index (κ3) is 4.41. The molecular formula is C21H29N7O. The number of anilines is 1. The Morgan fingerprint density at radius 3 is 2.86 bits per heavy atom. The van der Waals surface area contributed by atoms with Crippen LogP contribution in [-0.2, 0) is 11.2 Å². The first-order valence-electron chi connectivity index (χ1n) is 10.5. The molecule has 3 heterocycles. The molecule has 0 unspecified atom stereocenters. The van der Waals surface area contributed by atoms with Gasteiger partial charge in [-0.05, 0) is 37.3 Å². The van der Waals surface area contributed by atoms with Crippen molar-refractivity contribution in [1.82, 2.24) is 25.4 Å². The average molecular weight is 396 g/mol. The van der Waals surface area contributed by atoms with Gasteiger partial charge in [0.1, 0.15) is 12.2 Å². The van der Waals surface area contributed by atoms with Crippen LogP contribution in [0.5, 0.6) is 0 Å². The van der Waals surface area contributed by atoms with E-state index in [-0.39, 0.29) is 5.91 Å². The zero-order valence-corrected chi connectivity index (χ0v) is 17.0. The molecule has 4 rings (SSSR count). The van der Waals surface area contributed by atoms with Gasteiger partial charge in [0.25, 0.3) is 0 Å². The first-order valence-corrected chi connectivity index (χ1v) is 10.5. The number of H-pyrrole nitrogens is 1. The normalized spacial score (nSPS) is 17.5. The number of benzene rings is 1. The number of likely N-dealkylation sites (tertiary alicyclic amines) is 1. The maximum absolute atomic E-state index is 12.6. The maximum atomic E-state index is 12.6. The Morgan fingerprint density at radius 2 is 2.10 bits per heavy atom. The van der Waals surface area contributed by atoms with E-state index in [4.69, 9.17) is 0 Å². The number of para-hydroxylation sites is 1. The highest BCUT2D eigenvalue weighted by molar-refractivity contribution is 5.95. The molecule has 0 spiro atoms. The summed E-state index contributed by atoms with van der Waals surface area (Å²) < 4.78 is 0. The molecule has 0 radical (unpaired) electrons. The molecule has 2 aliphatic heterocycles. The van der Waals surface area contributed by atoms with E-state index in [1.165, 1.54) is 5.56 Å². The van der Waals surface area contributed by atoms with Gasteiger partial charge in [-0.1, -0.05) is 18.2 Å². The van der Waals surface area contributed by atoms with Gasteiger partial charge in [-0.2, -0.15) is 5.10 Å². The number of guanidine groups is 1. The third-order valence-corrected chi connectivity index (χ3v) is 5.87. The molecule has 1 saturated heterocycles. The van der Waals surface area contributed by atoms with Crippen LogP contribution >= 0.6 is 0 Å². The zero-order chi connectivity index (χ0) is 20.1. The maximum Gasteiger partial charge on any atom is 0.227 e. The number of aromatic nitrogens is 3. The van der Waals surface area contributed by atoms with E-state index in [0.717, 1.165) is 69.3 Å². The standard InChI is InChI=1S/C21H29N7O/c1-22-21(27-12-8-17(9-13-27)20-24-15-25-26-20)23-11-4-7-19(29)28-14-10-16-5-2-3-6-18(16)28/h2-3,5-6,15,17H,4,7-14H2,1H3,(H,22,23)(H,24,25,26). The smallest absolute Gasteiger partial charge is 0.227 e. The van der Waals surface area contributed by atoms with Crippen molar-refractivity contribution in [2.45, 2.75) is 38.0 Å². The second-order valence-electron chi connectivity index (χ2n) is 7.63. The van der Waals surface area contributed by atoms with E-state index in [9.17, 15) is 4.79 Å². The quantitative estimate of drug-likeness (QED) is 0.459. The van der Waals surface area contributed by atoms with Crippen molar-refractivity contribution in [3.05, 3.63) is 42.0 Å². The number of rotatable bonds is 5. The Morgan fingerprint density at radius 1 is 1.28 bits per heavy atom. The van der Waals surface area contributed by atoms with Crippen LogP contribution in [-0.4, -0.2) is 65.2 Å². The minimum absolute atomic E-state index is 0.208. The minimum Gasteiger partial charge on any atom is -0.356 e. The molecule has 154 valence electrons. The van der Waals surface area contributed by atoms with Crippen LogP contribution in [0.3, 0.4) is 0 Å². The summed E-state index contributed by atoms with van der Waals surface area (Å²) in [5, 5.41) is 10.4. The predicted molar refractivity (Wildman–Crippen MR) is 113 cm³/mol. The summed E-state index contributed by atoms with van der Waals surface area (Å²) in [6, 6.07) is 8.20. The summed E-state index contributed by atoms with van der Waals surface area (Å²) in [4.78, 5) is 25.5. The molecule has 8 heteroatoms. The molecule has 1 amide bonds. The number of nitrogens with one attached hydrogen (secondary N) is 2. The van der Waals surface area contributed by atoms with E-state index in [0.29, 0.717) is 12.3 Å². The Balaban J connectivity index is 1.20. The highest BCUT2D eigenvalue weighted by Crippen LogP contribution is 2.28. The van der Waals surface area contributed by atoms with Gasteiger partial charge in [-0.25, -0.2) is 4.98 Å². The number of hydrogen-bond donors (Lipinski definition) is 2. The number of hydrogen-bond acceptors (Lipinski definition) is 4. The summed E-state index contributed by atoms with van der Waals surface area (Å²) >= 11 is 0. The van der Waals surface area contributed by atoms with Gasteiger partial charge in [-0.15, -0.1) is 0 Å². The number of aromatic amines is 1. The molecule has 0 bridgehead atoms. The lowest BCUT2D eigenvalue weighted by Gasteiger charge is -2.33. The van der Waals surface area contributed by atoms with Crippen molar-refractivity contribution in [2.24, 2.45) is 4.99 Å². The fourth-order valence-electron chi connectivity index (χ4n) is 4.28. The average Bonchev–Trinajstić information content (AvgIpc) is 3.44. The Labute approximate surface area is 171 Å². The first kappa shape index (κ1) is 19.4. The molecule has 1 fully saturated rings. The number of carbonyl (C=O) groups excluding carboxylic acids is 1. The van der Waals surface area contributed by atoms with Gasteiger partial charge in [0.15, 0.2) is 5.96 Å². The van der Waals surface area contributed by atoms with E-state index in [1.807, 2.05) is 30.1 Å². The second-order valence-corrected chi connectivity index (χ2v) is 7.63. The molecular weight excluding hydrogens is 366 g/mol. The van der Waals surface area contributed by atoms with Crippen LogP contribution in [0.2, 0.25) is 0 Å². The predicted octanol–water partition coefficient (Wildman–Crippen LogP) is 1.93. The molecule has 8 nitrogen and oxygen atoms in total. The highest BCUT2D eigenvalue weighted by Gasteiger charge is 2.25. The molecule has 1 aromatic carbocycles.